The number of hydrogen-bond donors (Lipinski definition) is 1. The van der Waals surface area contributed by atoms with Gasteiger partial charge in [0.15, 0.2) is 5.75 Å². The van der Waals surface area contributed by atoms with Gasteiger partial charge in [-0.25, -0.2) is 4.98 Å². The van der Waals surface area contributed by atoms with E-state index in [2.05, 4.69) is 4.98 Å². The Hall–Kier alpha value is -0.710. The zero-order valence-corrected chi connectivity index (χ0v) is 9.65. The predicted molar refractivity (Wildman–Crippen MR) is 59.7 cm³/mol. The molecule has 1 rings (SSSR count). The fourth-order valence-electron chi connectivity index (χ4n) is 0.884. The highest BCUT2D eigenvalue weighted by atomic mass is 35.5. The number of methoxy groups -OCH3 is 2. The summed E-state index contributed by atoms with van der Waals surface area (Å²) in [5.74, 6) is 1.09. The third-order valence-electron chi connectivity index (χ3n) is 1.52. The Morgan fingerprint density at radius 2 is 1.93 bits per heavy atom. The molecule has 2 N–H and O–H groups in total. The van der Waals surface area contributed by atoms with Gasteiger partial charge < -0.3 is 15.2 Å². The van der Waals surface area contributed by atoms with Crippen LogP contribution in [0.3, 0.4) is 0 Å². The summed E-state index contributed by atoms with van der Waals surface area (Å²) < 4.78 is 9.99. The van der Waals surface area contributed by atoms with E-state index in [0.29, 0.717) is 18.2 Å². The van der Waals surface area contributed by atoms with Crippen LogP contribution in [-0.4, -0.2) is 19.2 Å². The monoisotopic (exact) mass is 240 g/mol. The zero-order chi connectivity index (χ0) is 8.97. The quantitative estimate of drug-likeness (QED) is 0.868. The molecule has 1 aromatic heterocycles. The van der Waals surface area contributed by atoms with Crippen LogP contribution in [0.1, 0.15) is 5.56 Å². The Kier molecular flexibility index (Phi) is 8.63. The number of pyridine rings is 1. The van der Waals surface area contributed by atoms with Crippen LogP contribution in [0, 0.1) is 0 Å². The van der Waals surface area contributed by atoms with Crippen LogP contribution in [0.2, 0.25) is 0 Å². The largest absolute Gasteiger partial charge is 0.491 e. The van der Waals surface area contributed by atoms with Crippen molar-refractivity contribution in [1.29, 1.82) is 0 Å². The molecule has 6 heteroatoms. The lowest BCUT2D eigenvalue weighted by molar-refractivity contribution is 0.342. The molecule has 14 heavy (non-hydrogen) atoms. The molecule has 0 aromatic carbocycles. The molecular formula is C8H14Cl2N2O2. The standard InChI is InChI=1S/C8H12N2O2.2ClH/c1-11-7-3-6(4-9)5-10-8(7)12-2;;/h3,5H,4,9H2,1-2H3;2*1H. The molecule has 4 nitrogen and oxygen atoms in total. The summed E-state index contributed by atoms with van der Waals surface area (Å²) in [6, 6.07) is 1.81. The van der Waals surface area contributed by atoms with Crippen molar-refractivity contribution in [2.45, 2.75) is 6.54 Å². The van der Waals surface area contributed by atoms with Gasteiger partial charge in [-0.1, -0.05) is 0 Å². The van der Waals surface area contributed by atoms with E-state index in [-0.39, 0.29) is 24.8 Å². The fourth-order valence-corrected chi connectivity index (χ4v) is 0.884. The van der Waals surface area contributed by atoms with Crippen LogP contribution in [0.5, 0.6) is 11.6 Å². The Morgan fingerprint density at radius 3 is 2.36 bits per heavy atom. The first-order valence-corrected chi connectivity index (χ1v) is 3.58. The number of rotatable bonds is 3. The second-order valence-electron chi connectivity index (χ2n) is 2.26. The molecule has 0 unspecified atom stereocenters. The second-order valence-corrected chi connectivity index (χ2v) is 2.26. The molecule has 0 aliphatic rings. The smallest absolute Gasteiger partial charge is 0.256 e. The van der Waals surface area contributed by atoms with Crippen LogP contribution in [0.15, 0.2) is 12.3 Å². The molecule has 1 heterocycles. The summed E-state index contributed by atoms with van der Waals surface area (Å²) in [5.41, 5.74) is 6.35. The Morgan fingerprint density at radius 1 is 1.29 bits per heavy atom. The maximum atomic E-state index is 5.43. The van der Waals surface area contributed by atoms with Gasteiger partial charge in [-0.3, -0.25) is 0 Å². The number of halogens is 2. The van der Waals surface area contributed by atoms with Gasteiger partial charge in [-0.2, -0.15) is 0 Å². The van der Waals surface area contributed by atoms with E-state index in [1.54, 1.807) is 20.4 Å². The van der Waals surface area contributed by atoms with Crippen molar-refractivity contribution < 1.29 is 9.47 Å². The average molecular weight is 241 g/mol. The van der Waals surface area contributed by atoms with Crippen LogP contribution in [-0.2, 0) is 6.54 Å². The molecule has 0 spiro atoms. The lowest BCUT2D eigenvalue weighted by Gasteiger charge is -2.06. The summed E-state index contributed by atoms with van der Waals surface area (Å²) in [5, 5.41) is 0. The Bertz CT molecular complexity index is 272. The minimum Gasteiger partial charge on any atom is -0.491 e. The van der Waals surface area contributed by atoms with E-state index in [1.165, 1.54) is 0 Å². The van der Waals surface area contributed by atoms with Crippen molar-refractivity contribution in [1.82, 2.24) is 4.98 Å². The maximum absolute atomic E-state index is 5.43. The molecule has 0 radical (unpaired) electrons. The predicted octanol–water partition coefficient (Wildman–Crippen LogP) is 1.40. The van der Waals surface area contributed by atoms with Gasteiger partial charge in [0.25, 0.3) is 5.88 Å². The lowest BCUT2D eigenvalue weighted by atomic mass is 10.3. The SMILES string of the molecule is COc1cc(CN)cnc1OC.Cl.Cl. The first-order valence-electron chi connectivity index (χ1n) is 3.58. The first kappa shape index (κ1) is 15.7. The molecule has 0 saturated carbocycles. The van der Waals surface area contributed by atoms with Crippen molar-refractivity contribution in [3.8, 4) is 11.6 Å². The highest BCUT2D eigenvalue weighted by molar-refractivity contribution is 5.85. The van der Waals surface area contributed by atoms with Gasteiger partial charge in [0.05, 0.1) is 14.2 Å². The molecule has 0 aliphatic carbocycles. The Balaban J connectivity index is 0. The van der Waals surface area contributed by atoms with Gasteiger partial charge in [-0.05, 0) is 11.6 Å². The summed E-state index contributed by atoms with van der Waals surface area (Å²) in [4.78, 5) is 4.01. The third kappa shape index (κ3) is 3.57. The summed E-state index contributed by atoms with van der Waals surface area (Å²) in [6.45, 7) is 0.452. The number of hydrogen-bond acceptors (Lipinski definition) is 4. The molecule has 82 valence electrons. The van der Waals surface area contributed by atoms with E-state index in [1.807, 2.05) is 6.07 Å². The van der Waals surface area contributed by atoms with Gasteiger partial charge in [0.1, 0.15) is 0 Å². The van der Waals surface area contributed by atoms with Crippen molar-refractivity contribution in [2.24, 2.45) is 5.73 Å². The molecule has 0 fully saturated rings. The molecule has 0 atom stereocenters. The third-order valence-corrected chi connectivity index (χ3v) is 1.52. The zero-order valence-electron chi connectivity index (χ0n) is 8.02. The van der Waals surface area contributed by atoms with Gasteiger partial charge >= 0.3 is 0 Å². The van der Waals surface area contributed by atoms with Crippen LogP contribution < -0.4 is 15.2 Å². The molecular weight excluding hydrogens is 227 g/mol. The van der Waals surface area contributed by atoms with E-state index in [9.17, 15) is 0 Å². The van der Waals surface area contributed by atoms with Crippen molar-refractivity contribution in [3.05, 3.63) is 17.8 Å². The first-order chi connectivity index (χ1) is 5.81. The fraction of sp³-hybridized carbons (Fsp3) is 0.375. The van der Waals surface area contributed by atoms with Gasteiger partial charge in [0, 0.05) is 12.7 Å². The number of aromatic nitrogens is 1. The highest BCUT2D eigenvalue weighted by Gasteiger charge is 2.04. The van der Waals surface area contributed by atoms with Crippen molar-refractivity contribution in [2.75, 3.05) is 14.2 Å². The molecule has 0 saturated heterocycles. The molecule has 0 amide bonds. The average Bonchev–Trinajstić information content (AvgIpc) is 2.16. The topological polar surface area (TPSA) is 57.4 Å². The van der Waals surface area contributed by atoms with Crippen molar-refractivity contribution >= 4 is 24.8 Å². The normalized spacial score (nSPS) is 8.21. The van der Waals surface area contributed by atoms with E-state index in [4.69, 9.17) is 15.2 Å². The molecule has 0 aliphatic heterocycles. The van der Waals surface area contributed by atoms with Crippen LogP contribution in [0.4, 0.5) is 0 Å². The highest BCUT2D eigenvalue weighted by Crippen LogP contribution is 2.23. The minimum atomic E-state index is 0. The van der Waals surface area contributed by atoms with E-state index >= 15 is 0 Å². The number of nitrogens with zero attached hydrogens (tertiary/aromatic N) is 1. The summed E-state index contributed by atoms with van der Waals surface area (Å²) in [7, 11) is 3.12. The molecule has 0 bridgehead atoms. The Labute approximate surface area is 95.6 Å². The number of nitrogens with two attached hydrogens (primary N) is 1. The van der Waals surface area contributed by atoms with Gasteiger partial charge in [0.2, 0.25) is 0 Å². The summed E-state index contributed by atoms with van der Waals surface area (Å²) in [6.07, 6.45) is 1.67. The van der Waals surface area contributed by atoms with Crippen LogP contribution in [0.25, 0.3) is 0 Å². The van der Waals surface area contributed by atoms with E-state index < -0.39 is 0 Å². The maximum Gasteiger partial charge on any atom is 0.256 e. The number of ether oxygens (including phenoxy) is 2. The summed E-state index contributed by atoms with van der Waals surface area (Å²) >= 11 is 0. The van der Waals surface area contributed by atoms with E-state index in [0.717, 1.165) is 5.56 Å². The molecule has 1 aromatic rings. The van der Waals surface area contributed by atoms with Gasteiger partial charge in [-0.15, -0.1) is 24.8 Å². The van der Waals surface area contributed by atoms with Crippen molar-refractivity contribution in [3.63, 3.8) is 0 Å². The second kappa shape index (κ2) is 7.67. The lowest BCUT2D eigenvalue weighted by Crippen LogP contribution is -2.00. The minimum absolute atomic E-state index is 0. The van der Waals surface area contributed by atoms with Crippen LogP contribution >= 0.6 is 24.8 Å².